The summed E-state index contributed by atoms with van der Waals surface area (Å²) in [6.07, 6.45) is 1.83. The van der Waals surface area contributed by atoms with Gasteiger partial charge in [-0.15, -0.1) is 0 Å². The maximum atomic E-state index is 11.5. The number of carbonyl (C=O) groups excluding carboxylic acids is 2. The number of hydrogen-bond acceptors (Lipinski definition) is 6. The quantitative estimate of drug-likeness (QED) is 0.639. The molecular weight excluding hydrogens is 236 g/mol. The van der Waals surface area contributed by atoms with Crippen LogP contribution in [0.2, 0.25) is 0 Å². The number of aromatic nitrogens is 1. The Morgan fingerprint density at radius 2 is 2.44 bits per heavy atom. The van der Waals surface area contributed by atoms with Crippen molar-refractivity contribution in [2.45, 2.75) is 12.5 Å². The van der Waals surface area contributed by atoms with Crippen molar-refractivity contribution in [2.24, 2.45) is 0 Å². The van der Waals surface area contributed by atoms with Gasteiger partial charge in [0.05, 0.1) is 24.4 Å². The molecule has 0 radical (unpaired) electrons. The topological polar surface area (TPSA) is 106 Å². The van der Waals surface area contributed by atoms with Crippen LogP contribution >= 0.6 is 0 Å². The molecule has 7 nitrogen and oxygen atoms in total. The number of carbonyl (C=O) groups is 2. The third kappa shape index (κ3) is 2.34. The number of amides is 1. The summed E-state index contributed by atoms with van der Waals surface area (Å²) in [5, 5.41) is 5.73. The second kappa shape index (κ2) is 4.91. The molecular formula is C11H14N4O3. The predicted molar refractivity (Wildman–Crippen MR) is 65.0 cm³/mol. The Balaban J connectivity index is 2.18. The van der Waals surface area contributed by atoms with Crippen LogP contribution in [0.15, 0.2) is 12.3 Å². The van der Waals surface area contributed by atoms with Gasteiger partial charge in [0.15, 0.2) is 0 Å². The van der Waals surface area contributed by atoms with Crippen LogP contribution in [0, 0.1) is 0 Å². The molecule has 2 rings (SSSR count). The average Bonchev–Trinajstić information content (AvgIpc) is 2.76. The maximum absolute atomic E-state index is 11.5. The van der Waals surface area contributed by atoms with E-state index in [9.17, 15) is 9.59 Å². The van der Waals surface area contributed by atoms with Crippen molar-refractivity contribution in [1.82, 2.24) is 10.3 Å². The summed E-state index contributed by atoms with van der Waals surface area (Å²) in [5.74, 6) is -0.145. The second-order valence-corrected chi connectivity index (χ2v) is 3.96. The van der Waals surface area contributed by atoms with Crippen molar-refractivity contribution < 1.29 is 14.3 Å². The number of methoxy groups -OCH3 is 1. The summed E-state index contributed by atoms with van der Waals surface area (Å²) in [7, 11) is 1.29. The highest BCUT2D eigenvalue weighted by molar-refractivity contribution is 5.97. The monoisotopic (exact) mass is 250 g/mol. The molecule has 1 unspecified atom stereocenters. The maximum Gasteiger partial charge on any atom is 0.340 e. The van der Waals surface area contributed by atoms with Crippen LogP contribution in [0.25, 0.3) is 0 Å². The number of nitrogens with one attached hydrogen (secondary N) is 2. The summed E-state index contributed by atoms with van der Waals surface area (Å²) in [4.78, 5) is 26.6. The standard InChI is InChI=1S/C11H14N4O3/c1-18-11(17)7-2-3-13-10(9(7)12)15-6-4-8(16)14-5-6/h2-3,6H,4-5,12H2,1H3,(H,13,15)(H,14,16). The Hall–Kier alpha value is -2.31. The van der Waals surface area contributed by atoms with E-state index in [1.54, 1.807) is 0 Å². The third-order valence-corrected chi connectivity index (χ3v) is 2.71. The van der Waals surface area contributed by atoms with E-state index in [0.29, 0.717) is 18.8 Å². The van der Waals surface area contributed by atoms with Gasteiger partial charge in [0.2, 0.25) is 5.91 Å². The lowest BCUT2D eigenvalue weighted by molar-refractivity contribution is -0.119. The van der Waals surface area contributed by atoms with Crippen LogP contribution < -0.4 is 16.4 Å². The van der Waals surface area contributed by atoms with Gasteiger partial charge in [-0.3, -0.25) is 4.79 Å². The van der Waals surface area contributed by atoms with Gasteiger partial charge in [-0.05, 0) is 6.07 Å². The summed E-state index contributed by atoms with van der Waals surface area (Å²) >= 11 is 0. The molecule has 0 aromatic carbocycles. The minimum atomic E-state index is -0.515. The van der Waals surface area contributed by atoms with Crippen LogP contribution in [0.1, 0.15) is 16.8 Å². The zero-order valence-electron chi connectivity index (χ0n) is 9.90. The number of rotatable bonds is 3. The second-order valence-electron chi connectivity index (χ2n) is 3.96. The van der Waals surface area contributed by atoms with Gasteiger partial charge in [-0.1, -0.05) is 0 Å². The van der Waals surface area contributed by atoms with Gasteiger partial charge in [0.25, 0.3) is 0 Å². The molecule has 0 bridgehead atoms. The molecule has 1 saturated heterocycles. The number of nitrogens with two attached hydrogens (primary N) is 1. The molecule has 2 heterocycles. The Morgan fingerprint density at radius 1 is 1.67 bits per heavy atom. The predicted octanol–water partition coefficient (Wildman–Crippen LogP) is -0.249. The molecule has 0 aliphatic carbocycles. The Labute approximate surface area is 104 Å². The molecule has 1 aliphatic rings. The molecule has 18 heavy (non-hydrogen) atoms. The van der Waals surface area contributed by atoms with Crippen molar-refractivity contribution in [3.63, 3.8) is 0 Å². The molecule has 0 spiro atoms. The van der Waals surface area contributed by atoms with Crippen molar-refractivity contribution in [1.29, 1.82) is 0 Å². The smallest absolute Gasteiger partial charge is 0.340 e. The van der Waals surface area contributed by atoms with E-state index in [0.717, 1.165) is 0 Å². The highest BCUT2D eigenvalue weighted by Gasteiger charge is 2.23. The highest BCUT2D eigenvalue weighted by atomic mass is 16.5. The first-order valence-corrected chi connectivity index (χ1v) is 5.48. The normalized spacial score (nSPS) is 18.3. The number of ether oxygens (including phenoxy) is 1. The van der Waals surface area contributed by atoms with Crippen LogP contribution in [-0.2, 0) is 9.53 Å². The first-order valence-electron chi connectivity index (χ1n) is 5.48. The van der Waals surface area contributed by atoms with E-state index in [4.69, 9.17) is 5.73 Å². The molecule has 1 aliphatic heterocycles. The fraction of sp³-hybridized carbons (Fsp3) is 0.364. The third-order valence-electron chi connectivity index (χ3n) is 2.71. The molecule has 4 N–H and O–H groups in total. The molecule has 1 aromatic heterocycles. The number of esters is 1. The van der Waals surface area contributed by atoms with Crippen molar-refractivity contribution in [3.05, 3.63) is 17.8 Å². The number of pyridine rings is 1. The summed E-state index contributed by atoms with van der Waals surface area (Å²) in [6.45, 7) is 0.516. The zero-order chi connectivity index (χ0) is 13.1. The molecule has 1 fully saturated rings. The Bertz CT molecular complexity index is 489. The Kier molecular flexibility index (Phi) is 3.31. The molecule has 1 aromatic rings. The largest absolute Gasteiger partial charge is 0.465 e. The lowest BCUT2D eigenvalue weighted by Crippen LogP contribution is -2.24. The van der Waals surface area contributed by atoms with Crippen molar-refractivity contribution in [3.8, 4) is 0 Å². The van der Waals surface area contributed by atoms with E-state index < -0.39 is 5.97 Å². The minimum Gasteiger partial charge on any atom is -0.465 e. The summed E-state index contributed by atoms with van der Waals surface area (Å²) in [5.41, 5.74) is 6.32. The van der Waals surface area contributed by atoms with Crippen molar-refractivity contribution in [2.75, 3.05) is 24.7 Å². The van der Waals surface area contributed by atoms with Gasteiger partial charge in [0, 0.05) is 19.2 Å². The number of nitrogens with zero attached hydrogens (tertiary/aromatic N) is 1. The van der Waals surface area contributed by atoms with E-state index in [2.05, 4.69) is 20.4 Å². The highest BCUT2D eigenvalue weighted by Crippen LogP contribution is 2.22. The Morgan fingerprint density at radius 3 is 3.06 bits per heavy atom. The number of nitrogen functional groups attached to an aromatic ring is 1. The fourth-order valence-electron chi connectivity index (χ4n) is 1.78. The van der Waals surface area contributed by atoms with E-state index in [1.807, 2.05) is 0 Å². The van der Waals surface area contributed by atoms with E-state index in [1.165, 1.54) is 19.4 Å². The van der Waals surface area contributed by atoms with Gasteiger partial charge < -0.3 is 21.1 Å². The average molecular weight is 250 g/mol. The van der Waals surface area contributed by atoms with Crippen LogP contribution in [-0.4, -0.2) is 36.6 Å². The molecule has 96 valence electrons. The number of anilines is 2. The molecule has 1 amide bonds. The summed E-state index contributed by atoms with van der Waals surface area (Å²) < 4.78 is 4.62. The van der Waals surface area contributed by atoms with Crippen LogP contribution in [0.5, 0.6) is 0 Å². The minimum absolute atomic E-state index is 0.0183. The first kappa shape index (κ1) is 12.2. The van der Waals surface area contributed by atoms with Crippen molar-refractivity contribution >= 4 is 23.4 Å². The summed E-state index contributed by atoms with van der Waals surface area (Å²) in [6, 6.07) is 1.42. The fourth-order valence-corrected chi connectivity index (χ4v) is 1.78. The first-order chi connectivity index (χ1) is 8.61. The number of hydrogen-bond donors (Lipinski definition) is 3. The molecule has 1 atom stereocenters. The lowest BCUT2D eigenvalue weighted by atomic mass is 10.2. The molecule has 7 heteroatoms. The van der Waals surface area contributed by atoms with E-state index >= 15 is 0 Å². The van der Waals surface area contributed by atoms with Crippen LogP contribution in [0.3, 0.4) is 0 Å². The SMILES string of the molecule is COC(=O)c1ccnc(NC2CNC(=O)C2)c1N. The van der Waals surface area contributed by atoms with Gasteiger partial charge in [-0.25, -0.2) is 9.78 Å². The van der Waals surface area contributed by atoms with Gasteiger partial charge in [0.1, 0.15) is 5.82 Å². The van der Waals surface area contributed by atoms with Gasteiger partial charge in [-0.2, -0.15) is 0 Å². The van der Waals surface area contributed by atoms with Gasteiger partial charge >= 0.3 is 5.97 Å². The van der Waals surface area contributed by atoms with Crippen LogP contribution in [0.4, 0.5) is 11.5 Å². The zero-order valence-corrected chi connectivity index (χ0v) is 9.90. The molecule has 0 saturated carbocycles. The lowest BCUT2D eigenvalue weighted by Gasteiger charge is -2.14. The van der Waals surface area contributed by atoms with E-state index in [-0.39, 0.29) is 23.2 Å².